The summed E-state index contributed by atoms with van der Waals surface area (Å²) in [4.78, 5) is 14.8. The summed E-state index contributed by atoms with van der Waals surface area (Å²) < 4.78 is 0. The number of halogens is 1. The third-order valence-electron chi connectivity index (χ3n) is 2.05. The summed E-state index contributed by atoms with van der Waals surface area (Å²) in [6, 6.07) is 3.81. The molecular formula is C10H12ClNO. The summed E-state index contributed by atoms with van der Waals surface area (Å²) >= 11 is 5.44. The molecule has 1 atom stereocenters. The predicted molar refractivity (Wildman–Crippen MR) is 52.6 cm³/mol. The van der Waals surface area contributed by atoms with Crippen LogP contribution in [0.5, 0.6) is 0 Å². The van der Waals surface area contributed by atoms with E-state index in [1.165, 1.54) is 0 Å². The Labute approximate surface area is 82.9 Å². The molecule has 0 aliphatic heterocycles. The van der Waals surface area contributed by atoms with Gasteiger partial charge < -0.3 is 0 Å². The van der Waals surface area contributed by atoms with E-state index < -0.39 is 0 Å². The molecule has 0 radical (unpaired) electrons. The van der Waals surface area contributed by atoms with Crippen molar-refractivity contribution in [3.63, 3.8) is 0 Å². The number of rotatable bonds is 4. The second-order valence-corrected chi connectivity index (χ2v) is 3.34. The van der Waals surface area contributed by atoms with Crippen LogP contribution < -0.4 is 0 Å². The van der Waals surface area contributed by atoms with Crippen LogP contribution in [0.1, 0.15) is 18.9 Å². The molecule has 0 bridgehead atoms. The van der Waals surface area contributed by atoms with Gasteiger partial charge in [0.15, 0.2) is 0 Å². The van der Waals surface area contributed by atoms with Crippen molar-refractivity contribution in [3.8, 4) is 0 Å². The highest BCUT2D eigenvalue weighted by Gasteiger charge is 2.13. The summed E-state index contributed by atoms with van der Waals surface area (Å²) in [5.74, 6) is -0.0657. The third kappa shape index (κ3) is 3.15. The zero-order chi connectivity index (χ0) is 9.68. The van der Waals surface area contributed by atoms with Gasteiger partial charge in [-0.1, -0.05) is 6.92 Å². The van der Waals surface area contributed by atoms with Crippen molar-refractivity contribution in [1.82, 2.24) is 4.98 Å². The van der Waals surface area contributed by atoms with Gasteiger partial charge in [-0.25, -0.2) is 0 Å². The largest absolute Gasteiger partial charge is 0.281 e. The average molecular weight is 198 g/mol. The van der Waals surface area contributed by atoms with Gasteiger partial charge in [-0.15, -0.1) is 0 Å². The molecule has 0 saturated heterocycles. The van der Waals surface area contributed by atoms with Gasteiger partial charge in [-0.3, -0.25) is 9.78 Å². The molecule has 0 spiro atoms. The van der Waals surface area contributed by atoms with Gasteiger partial charge in [0.1, 0.15) is 0 Å². The van der Waals surface area contributed by atoms with Crippen molar-refractivity contribution in [2.75, 3.05) is 0 Å². The van der Waals surface area contributed by atoms with Crippen LogP contribution in [0.25, 0.3) is 0 Å². The Morgan fingerprint density at radius 1 is 1.54 bits per heavy atom. The second kappa shape index (κ2) is 4.97. The molecule has 0 aliphatic carbocycles. The van der Waals surface area contributed by atoms with Crippen LogP contribution in [-0.4, -0.2) is 10.2 Å². The lowest BCUT2D eigenvalue weighted by molar-refractivity contribution is -0.115. The number of hydrogen-bond donors (Lipinski definition) is 0. The maximum absolute atomic E-state index is 10.9. The fourth-order valence-corrected chi connectivity index (χ4v) is 1.42. The van der Waals surface area contributed by atoms with Gasteiger partial charge >= 0.3 is 0 Å². The van der Waals surface area contributed by atoms with Crippen molar-refractivity contribution in [1.29, 1.82) is 0 Å². The molecule has 0 aliphatic rings. The predicted octanol–water partition coefficient (Wildman–Crippen LogP) is 2.42. The lowest BCUT2D eigenvalue weighted by Gasteiger charge is -2.08. The number of pyridine rings is 1. The van der Waals surface area contributed by atoms with Crippen LogP contribution in [0.4, 0.5) is 0 Å². The van der Waals surface area contributed by atoms with Crippen LogP contribution >= 0.6 is 11.6 Å². The van der Waals surface area contributed by atoms with E-state index in [2.05, 4.69) is 4.98 Å². The smallest absolute Gasteiger partial charge is 0.225 e. The van der Waals surface area contributed by atoms with Gasteiger partial charge in [0.2, 0.25) is 5.24 Å². The Balaban J connectivity index is 2.62. The minimum atomic E-state index is -0.251. The van der Waals surface area contributed by atoms with E-state index in [4.69, 9.17) is 11.6 Å². The number of hydrogen-bond acceptors (Lipinski definition) is 2. The van der Waals surface area contributed by atoms with Gasteiger partial charge in [0.25, 0.3) is 0 Å². The second-order valence-electron chi connectivity index (χ2n) is 2.97. The SMILES string of the molecule is CCC(Cc1ccncc1)C(=O)Cl. The molecule has 0 amide bonds. The summed E-state index contributed by atoms with van der Waals surface area (Å²) in [7, 11) is 0. The lowest BCUT2D eigenvalue weighted by Crippen LogP contribution is -2.10. The van der Waals surface area contributed by atoms with Crippen LogP contribution in [0, 0.1) is 5.92 Å². The highest BCUT2D eigenvalue weighted by molar-refractivity contribution is 6.63. The zero-order valence-corrected chi connectivity index (χ0v) is 8.29. The summed E-state index contributed by atoms with van der Waals surface area (Å²) in [6.45, 7) is 1.96. The Bertz CT molecular complexity index is 274. The third-order valence-corrected chi connectivity index (χ3v) is 2.35. The summed E-state index contributed by atoms with van der Waals surface area (Å²) in [5, 5.41) is -0.251. The molecule has 1 heterocycles. The molecule has 0 N–H and O–H groups in total. The topological polar surface area (TPSA) is 30.0 Å². The molecule has 2 nitrogen and oxygen atoms in total. The monoisotopic (exact) mass is 197 g/mol. The molecule has 0 saturated carbocycles. The fourth-order valence-electron chi connectivity index (χ4n) is 1.19. The van der Waals surface area contributed by atoms with Gasteiger partial charge in [0, 0.05) is 18.3 Å². The van der Waals surface area contributed by atoms with Crippen molar-refractivity contribution < 1.29 is 4.79 Å². The molecule has 3 heteroatoms. The first-order valence-electron chi connectivity index (χ1n) is 4.32. The van der Waals surface area contributed by atoms with E-state index in [0.29, 0.717) is 6.42 Å². The highest BCUT2D eigenvalue weighted by atomic mass is 35.5. The van der Waals surface area contributed by atoms with Crippen molar-refractivity contribution in [2.45, 2.75) is 19.8 Å². The fraction of sp³-hybridized carbons (Fsp3) is 0.400. The van der Waals surface area contributed by atoms with E-state index >= 15 is 0 Å². The van der Waals surface area contributed by atoms with E-state index in [0.717, 1.165) is 12.0 Å². The standard InChI is InChI=1S/C10H12ClNO/c1-2-9(10(11)13)7-8-3-5-12-6-4-8/h3-6,9H,2,7H2,1H3. The average Bonchev–Trinajstić information content (AvgIpc) is 2.15. The number of carbonyl (C=O) groups excluding carboxylic acids is 1. The number of nitrogens with zero attached hydrogens (tertiary/aromatic N) is 1. The molecule has 1 aromatic rings. The minimum absolute atomic E-state index is 0.0657. The Morgan fingerprint density at radius 3 is 2.62 bits per heavy atom. The zero-order valence-electron chi connectivity index (χ0n) is 7.53. The Kier molecular flexibility index (Phi) is 3.90. The van der Waals surface area contributed by atoms with Crippen molar-refractivity contribution >= 4 is 16.8 Å². The number of carbonyl (C=O) groups is 1. The summed E-state index contributed by atoms with van der Waals surface area (Å²) in [5.41, 5.74) is 1.11. The summed E-state index contributed by atoms with van der Waals surface area (Å²) in [6.07, 6.45) is 4.94. The van der Waals surface area contributed by atoms with E-state index in [1.54, 1.807) is 12.4 Å². The molecule has 13 heavy (non-hydrogen) atoms. The molecule has 0 fully saturated rings. The highest BCUT2D eigenvalue weighted by Crippen LogP contribution is 2.14. The molecular weight excluding hydrogens is 186 g/mol. The Hall–Kier alpha value is -0.890. The van der Waals surface area contributed by atoms with Gasteiger partial charge in [0.05, 0.1) is 0 Å². The quantitative estimate of drug-likeness (QED) is 0.694. The van der Waals surface area contributed by atoms with Crippen LogP contribution in [0.3, 0.4) is 0 Å². The first-order valence-corrected chi connectivity index (χ1v) is 4.70. The van der Waals surface area contributed by atoms with E-state index in [-0.39, 0.29) is 11.2 Å². The Morgan fingerprint density at radius 2 is 2.15 bits per heavy atom. The van der Waals surface area contributed by atoms with Crippen molar-refractivity contribution in [3.05, 3.63) is 30.1 Å². The van der Waals surface area contributed by atoms with Crippen molar-refractivity contribution in [2.24, 2.45) is 5.92 Å². The minimum Gasteiger partial charge on any atom is -0.281 e. The molecule has 1 unspecified atom stereocenters. The maximum atomic E-state index is 10.9. The number of aromatic nitrogens is 1. The van der Waals surface area contributed by atoms with Crippen LogP contribution in [-0.2, 0) is 11.2 Å². The molecule has 1 aromatic heterocycles. The normalized spacial score (nSPS) is 12.5. The van der Waals surface area contributed by atoms with E-state index in [1.807, 2.05) is 19.1 Å². The first-order chi connectivity index (χ1) is 6.24. The van der Waals surface area contributed by atoms with Crippen LogP contribution in [0.2, 0.25) is 0 Å². The van der Waals surface area contributed by atoms with Crippen LogP contribution in [0.15, 0.2) is 24.5 Å². The lowest BCUT2D eigenvalue weighted by atomic mass is 9.99. The van der Waals surface area contributed by atoms with E-state index in [9.17, 15) is 4.79 Å². The first kappa shape index (κ1) is 10.2. The molecule has 70 valence electrons. The molecule has 1 rings (SSSR count). The van der Waals surface area contributed by atoms with Gasteiger partial charge in [-0.2, -0.15) is 0 Å². The maximum Gasteiger partial charge on any atom is 0.225 e. The molecule has 0 aromatic carbocycles. The van der Waals surface area contributed by atoms with Gasteiger partial charge in [-0.05, 0) is 42.1 Å².